The molecule has 0 aromatic rings. The summed E-state index contributed by atoms with van der Waals surface area (Å²) < 4.78 is 0. The van der Waals surface area contributed by atoms with Crippen LogP contribution in [0.25, 0.3) is 0 Å². The van der Waals surface area contributed by atoms with E-state index in [1.165, 1.54) is 44.9 Å². The van der Waals surface area contributed by atoms with Gasteiger partial charge in [-0.1, -0.05) is 107 Å². The second kappa shape index (κ2) is 34.5. The van der Waals surface area contributed by atoms with Gasteiger partial charge in [-0.25, -0.2) is 0 Å². The van der Waals surface area contributed by atoms with Crippen LogP contribution >= 0.6 is 0 Å². The quantitative estimate of drug-likeness (QED) is 0.145. The van der Waals surface area contributed by atoms with Crippen molar-refractivity contribution < 1.29 is 19.7 Å². The predicted octanol–water partition coefficient (Wildman–Crippen LogP) is 7.14. The zero-order valence-corrected chi connectivity index (χ0v) is 25.3. The van der Waals surface area contributed by atoms with Crippen LogP contribution in [0.5, 0.6) is 0 Å². The molecule has 5 nitrogen and oxygen atoms in total. The molecule has 0 radical (unpaired) electrons. The van der Waals surface area contributed by atoms with E-state index in [2.05, 4.69) is 53.8 Å². The minimum atomic E-state index is -0.243. The van der Waals surface area contributed by atoms with Crippen molar-refractivity contribution >= 4 is 19.0 Å². The molecular weight excluding hydrogens is 425 g/mol. The minimum Gasteiger partial charge on any atom is -0.449 e. The standard InChI is InChI=1S/C13H26O.C7H18BNO.C3H6O.C3H8.C2H6O/c1-5-6-7-8-9-10-11-13(3,4)12(2)14;1-6(2)5-7(9-4)8(3)10;1-2-3-4;1-3-2;1-2-3/h5-11H2,1-4H3;6-7,9-10H,5H2,1-4H3;3H,2H2,1H3;3H2,1-2H3;3H,2H2,1H3. The maximum absolute atomic E-state index is 11.2. The number of hydrogen-bond donors (Lipinski definition) is 3. The lowest BCUT2D eigenvalue weighted by molar-refractivity contribution is -0.125. The Morgan fingerprint density at radius 3 is 1.62 bits per heavy atom. The average molecular weight is 490 g/mol. The average Bonchev–Trinajstić information content (AvgIpc) is 2.75. The first kappa shape index (κ1) is 43.4. The van der Waals surface area contributed by atoms with E-state index in [0.29, 0.717) is 18.1 Å². The van der Waals surface area contributed by atoms with Crippen LogP contribution in [0, 0.1) is 11.3 Å². The van der Waals surface area contributed by atoms with Gasteiger partial charge in [0.25, 0.3) is 0 Å². The summed E-state index contributed by atoms with van der Waals surface area (Å²) in [5, 5.41) is 19.9. The number of Topliss-reactive ketones (excluding diaryl/α,β-unsaturated/α-hetero) is 1. The monoisotopic (exact) mass is 489 g/mol. The van der Waals surface area contributed by atoms with Crippen LogP contribution in [0.3, 0.4) is 0 Å². The van der Waals surface area contributed by atoms with Crippen molar-refractivity contribution in [3.8, 4) is 0 Å². The Bertz CT molecular complexity index is 387. The molecule has 0 aliphatic heterocycles. The van der Waals surface area contributed by atoms with Gasteiger partial charge in [0.1, 0.15) is 12.1 Å². The van der Waals surface area contributed by atoms with Crippen LogP contribution in [0.2, 0.25) is 6.82 Å². The molecule has 0 heterocycles. The molecule has 0 amide bonds. The number of nitrogens with one attached hydrogen (secondary N) is 1. The molecule has 208 valence electrons. The summed E-state index contributed by atoms with van der Waals surface area (Å²) in [6.45, 7) is 21.9. The molecule has 0 spiro atoms. The SMILES string of the molecule is CCC.CCC=O.CCCCCCCCC(C)(C)C(C)=O.CCO.CNC(CC(C)C)B(C)O. The maximum atomic E-state index is 11.2. The van der Waals surface area contributed by atoms with E-state index >= 15 is 0 Å². The van der Waals surface area contributed by atoms with E-state index in [0.717, 1.165) is 19.1 Å². The topological polar surface area (TPSA) is 86.6 Å². The third-order valence-electron chi connectivity index (χ3n) is 4.95. The van der Waals surface area contributed by atoms with Crippen molar-refractivity contribution in [2.24, 2.45) is 11.3 Å². The Kier molecular flexibility index (Phi) is 43.9. The number of carbonyl (C=O) groups is 2. The molecule has 0 aromatic carbocycles. The Hall–Kier alpha value is -0.715. The lowest BCUT2D eigenvalue weighted by Crippen LogP contribution is -2.40. The summed E-state index contributed by atoms with van der Waals surface area (Å²) in [6.07, 6.45) is 12.7. The first-order valence-electron chi connectivity index (χ1n) is 13.7. The molecule has 1 atom stereocenters. The number of aliphatic hydroxyl groups excluding tert-OH is 1. The Labute approximate surface area is 215 Å². The van der Waals surface area contributed by atoms with Gasteiger partial charge in [0.05, 0.1) is 0 Å². The van der Waals surface area contributed by atoms with Crippen molar-refractivity contribution in [2.75, 3.05) is 13.7 Å². The van der Waals surface area contributed by atoms with Gasteiger partial charge in [-0.2, -0.15) is 0 Å². The smallest absolute Gasteiger partial charge is 0.303 e. The highest BCUT2D eigenvalue weighted by atomic mass is 16.2. The van der Waals surface area contributed by atoms with Crippen molar-refractivity contribution in [1.82, 2.24) is 5.32 Å². The molecule has 6 heteroatoms. The molecule has 0 fully saturated rings. The number of ketones is 1. The fourth-order valence-corrected chi connectivity index (χ4v) is 2.59. The van der Waals surface area contributed by atoms with Crippen LogP contribution in [0.1, 0.15) is 133 Å². The van der Waals surface area contributed by atoms with Gasteiger partial charge in [-0.15, -0.1) is 0 Å². The van der Waals surface area contributed by atoms with Crippen molar-refractivity contribution in [3.05, 3.63) is 0 Å². The Morgan fingerprint density at radius 1 is 1.00 bits per heavy atom. The van der Waals surface area contributed by atoms with Crippen molar-refractivity contribution in [2.45, 2.75) is 146 Å². The van der Waals surface area contributed by atoms with E-state index in [-0.39, 0.29) is 24.9 Å². The van der Waals surface area contributed by atoms with Gasteiger partial charge in [-0.05, 0) is 39.7 Å². The molecule has 1 unspecified atom stereocenters. The van der Waals surface area contributed by atoms with E-state index < -0.39 is 0 Å². The summed E-state index contributed by atoms with van der Waals surface area (Å²) in [6, 6.07) is 0. The summed E-state index contributed by atoms with van der Waals surface area (Å²) in [5.41, 5.74) is -0.0925. The Morgan fingerprint density at radius 2 is 1.38 bits per heavy atom. The highest BCUT2D eigenvalue weighted by molar-refractivity contribution is 6.50. The van der Waals surface area contributed by atoms with Gasteiger partial charge in [0, 0.05) is 24.4 Å². The third-order valence-corrected chi connectivity index (χ3v) is 4.95. The summed E-state index contributed by atoms with van der Waals surface area (Å²) in [4.78, 5) is 20.4. The fraction of sp³-hybridized carbons (Fsp3) is 0.929. The number of rotatable bonds is 13. The van der Waals surface area contributed by atoms with Gasteiger partial charge in [-0.3, -0.25) is 4.79 Å². The zero-order valence-electron chi connectivity index (χ0n) is 25.3. The van der Waals surface area contributed by atoms with Crippen LogP contribution in [-0.4, -0.2) is 48.7 Å². The number of unbranched alkanes of at least 4 members (excludes halogenated alkanes) is 5. The number of aliphatic hydroxyl groups is 1. The maximum Gasteiger partial charge on any atom is 0.303 e. The molecular formula is C28H64BNO4. The first-order valence-corrected chi connectivity index (χ1v) is 13.7. The largest absolute Gasteiger partial charge is 0.449 e. The zero-order chi connectivity index (χ0) is 28.0. The van der Waals surface area contributed by atoms with Crippen LogP contribution < -0.4 is 5.32 Å². The normalized spacial score (nSPS) is 10.7. The fourth-order valence-electron chi connectivity index (χ4n) is 2.59. The Balaban J connectivity index is -0.000000121. The van der Waals surface area contributed by atoms with Crippen LogP contribution in [0.15, 0.2) is 0 Å². The van der Waals surface area contributed by atoms with E-state index in [9.17, 15) is 14.6 Å². The number of hydrogen-bond acceptors (Lipinski definition) is 5. The van der Waals surface area contributed by atoms with E-state index in [4.69, 9.17) is 5.11 Å². The third kappa shape index (κ3) is 44.9. The first-order chi connectivity index (χ1) is 15.8. The van der Waals surface area contributed by atoms with Gasteiger partial charge < -0.3 is 20.2 Å². The molecule has 0 aliphatic rings. The molecule has 0 aliphatic carbocycles. The molecule has 0 saturated carbocycles. The summed E-state index contributed by atoms with van der Waals surface area (Å²) >= 11 is 0. The summed E-state index contributed by atoms with van der Waals surface area (Å²) in [5.74, 6) is 1.22. The molecule has 0 saturated heterocycles. The minimum absolute atomic E-state index is 0.0925. The molecule has 3 N–H and O–H groups in total. The van der Waals surface area contributed by atoms with E-state index in [1.807, 2.05) is 20.8 Å². The molecule has 0 rings (SSSR count). The lowest BCUT2D eigenvalue weighted by atomic mass is 9.61. The number of carbonyl (C=O) groups excluding carboxylic acids is 2. The molecule has 0 bridgehead atoms. The second-order valence-corrected chi connectivity index (χ2v) is 9.82. The van der Waals surface area contributed by atoms with Crippen LogP contribution in [-0.2, 0) is 9.59 Å². The van der Waals surface area contributed by atoms with Crippen LogP contribution in [0.4, 0.5) is 0 Å². The van der Waals surface area contributed by atoms with E-state index in [1.54, 1.807) is 13.8 Å². The van der Waals surface area contributed by atoms with Crippen molar-refractivity contribution in [1.29, 1.82) is 0 Å². The second-order valence-electron chi connectivity index (χ2n) is 9.82. The number of aldehydes is 1. The highest BCUT2D eigenvalue weighted by Gasteiger charge is 2.22. The van der Waals surface area contributed by atoms with Gasteiger partial charge in [0.2, 0.25) is 0 Å². The molecule has 34 heavy (non-hydrogen) atoms. The predicted molar refractivity (Wildman–Crippen MR) is 154 cm³/mol. The summed E-state index contributed by atoms with van der Waals surface area (Å²) in [7, 11) is 1.89. The van der Waals surface area contributed by atoms with Crippen molar-refractivity contribution in [3.63, 3.8) is 0 Å². The van der Waals surface area contributed by atoms with Gasteiger partial charge >= 0.3 is 6.92 Å². The lowest BCUT2D eigenvalue weighted by Gasteiger charge is -2.20. The highest BCUT2D eigenvalue weighted by Crippen LogP contribution is 2.24. The van der Waals surface area contributed by atoms with Gasteiger partial charge in [0.15, 0.2) is 0 Å². The molecule has 0 aromatic heterocycles.